The Morgan fingerprint density at radius 3 is 2.62 bits per heavy atom. The third-order valence-corrected chi connectivity index (χ3v) is 4.48. The second-order valence-corrected chi connectivity index (χ2v) is 6.63. The van der Waals surface area contributed by atoms with Gasteiger partial charge in [0.2, 0.25) is 0 Å². The van der Waals surface area contributed by atoms with Crippen LogP contribution in [0.1, 0.15) is 15.9 Å². The van der Waals surface area contributed by atoms with E-state index in [1.165, 1.54) is 11.3 Å². The molecule has 0 radical (unpaired) electrons. The van der Waals surface area contributed by atoms with Crippen molar-refractivity contribution in [3.8, 4) is 11.5 Å². The molecule has 21 heavy (non-hydrogen) atoms. The third-order valence-electron chi connectivity index (χ3n) is 2.98. The van der Waals surface area contributed by atoms with E-state index >= 15 is 0 Å². The molecule has 1 heterocycles. The molecule has 112 valence electrons. The summed E-state index contributed by atoms with van der Waals surface area (Å²) in [6, 6.07) is 7.57. The Morgan fingerprint density at radius 2 is 2.00 bits per heavy atom. The van der Waals surface area contributed by atoms with E-state index in [4.69, 9.17) is 9.47 Å². The summed E-state index contributed by atoms with van der Waals surface area (Å²) in [6.45, 7) is 0.571. The number of methoxy groups -OCH3 is 2. The number of benzene rings is 1. The second-order valence-electron chi connectivity index (χ2n) is 4.33. The zero-order valence-corrected chi connectivity index (χ0v) is 14.2. The molecule has 0 saturated carbocycles. The lowest BCUT2D eigenvalue weighted by molar-refractivity contribution is 0.0954. The summed E-state index contributed by atoms with van der Waals surface area (Å²) < 4.78 is 11.4. The molecule has 1 aromatic heterocycles. The number of nitrogens with one attached hydrogen (secondary N) is 1. The molecule has 0 spiro atoms. The Morgan fingerprint density at radius 1 is 1.24 bits per heavy atom. The molecular weight excluding hydrogens is 354 g/mol. The van der Waals surface area contributed by atoms with Crippen LogP contribution >= 0.6 is 27.3 Å². The molecule has 1 aromatic carbocycles. The van der Waals surface area contributed by atoms with Crippen molar-refractivity contribution in [2.45, 2.75) is 6.42 Å². The smallest absolute Gasteiger partial charge is 0.252 e. The quantitative estimate of drug-likeness (QED) is 0.847. The van der Waals surface area contributed by atoms with E-state index in [0.717, 1.165) is 15.8 Å². The molecule has 0 unspecified atom stereocenters. The first kappa shape index (κ1) is 15.9. The van der Waals surface area contributed by atoms with E-state index < -0.39 is 0 Å². The van der Waals surface area contributed by atoms with Gasteiger partial charge in [-0.3, -0.25) is 4.79 Å². The van der Waals surface area contributed by atoms with Crippen molar-refractivity contribution in [1.29, 1.82) is 0 Å². The molecule has 1 N–H and O–H groups in total. The minimum atomic E-state index is -0.0579. The molecule has 2 rings (SSSR count). The van der Waals surface area contributed by atoms with E-state index in [1.54, 1.807) is 14.2 Å². The Bertz CT molecular complexity index is 627. The van der Waals surface area contributed by atoms with Gasteiger partial charge in [0.1, 0.15) is 0 Å². The van der Waals surface area contributed by atoms with Crippen molar-refractivity contribution in [2.24, 2.45) is 0 Å². The number of ether oxygens (including phenoxy) is 2. The largest absolute Gasteiger partial charge is 0.493 e. The summed E-state index contributed by atoms with van der Waals surface area (Å²) in [5.41, 5.74) is 1.76. The Labute approximate surface area is 136 Å². The van der Waals surface area contributed by atoms with Crippen LogP contribution in [-0.2, 0) is 6.42 Å². The maximum absolute atomic E-state index is 11.9. The summed E-state index contributed by atoms with van der Waals surface area (Å²) >= 11 is 4.84. The number of hydrogen-bond donors (Lipinski definition) is 1. The first-order chi connectivity index (χ1) is 10.1. The van der Waals surface area contributed by atoms with Gasteiger partial charge in [0.05, 0.1) is 23.6 Å². The summed E-state index contributed by atoms with van der Waals surface area (Å²) in [5.74, 6) is 1.34. The van der Waals surface area contributed by atoms with Crippen LogP contribution < -0.4 is 14.8 Å². The van der Waals surface area contributed by atoms with Gasteiger partial charge in [-0.2, -0.15) is 0 Å². The van der Waals surface area contributed by atoms with E-state index in [0.29, 0.717) is 23.6 Å². The molecule has 6 heteroatoms. The topological polar surface area (TPSA) is 47.6 Å². The van der Waals surface area contributed by atoms with Crippen molar-refractivity contribution in [2.75, 3.05) is 20.8 Å². The second kappa shape index (κ2) is 7.47. The molecule has 0 fully saturated rings. The van der Waals surface area contributed by atoms with E-state index in [9.17, 15) is 4.79 Å². The molecule has 0 aliphatic carbocycles. The minimum absolute atomic E-state index is 0.0579. The zero-order valence-electron chi connectivity index (χ0n) is 11.8. The van der Waals surface area contributed by atoms with Gasteiger partial charge in [0.25, 0.3) is 5.91 Å². The summed E-state index contributed by atoms with van der Waals surface area (Å²) in [6.07, 6.45) is 0.734. The van der Waals surface area contributed by atoms with Crippen molar-refractivity contribution in [3.05, 3.63) is 44.6 Å². The highest BCUT2D eigenvalue weighted by Crippen LogP contribution is 2.27. The van der Waals surface area contributed by atoms with Gasteiger partial charge in [0, 0.05) is 11.9 Å². The number of amides is 1. The molecule has 0 saturated heterocycles. The molecule has 2 aromatic rings. The molecule has 4 nitrogen and oxygen atoms in total. The number of hydrogen-bond acceptors (Lipinski definition) is 4. The lowest BCUT2D eigenvalue weighted by Crippen LogP contribution is -2.25. The Kier molecular flexibility index (Phi) is 5.64. The number of carbonyl (C=O) groups is 1. The van der Waals surface area contributed by atoms with Gasteiger partial charge in [-0.15, -0.1) is 11.3 Å². The van der Waals surface area contributed by atoms with Gasteiger partial charge in [-0.05, 0) is 46.1 Å². The molecule has 1 amide bonds. The van der Waals surface area contributed by atoms with Crippen LogP contribution in [0.5, 0.6) is 11.5 Å². The number of thiophene rings is 1. The first-order valence-electron chi connectivity index (χ1n) is 6.37. The highest BCUT2D eigenvalue weighted by atomic mass is 79.9. The fraction of sp³-hybridized carbons (Fsp3) is 0.267. The van der Waals surface area contributed by atoms with Gasteiger partial charge in [-0.25, -0.2) is 0 Å². The molecule has 0 aliphatic rings. The van der Waals surface area contributed by atoms with Crippen LogP contribution in [0.4, 0.5) is 0 Å². The van der Waals surface area contributed by atoms with Crippen molar-refractivity contribution in [3.63, 3.8) is 0 Å². The highest BCUT2D eigenvalue weighted by Gasteiger charge is 2.08. The van der Waals surface area contributed by atoms with Gasteiger partial charge in [-0.1, -0.05) is 6.07 Å². The molecular formula is C15H16BrNO3S. The van der Waals surface area contributed by atoms with Crippen molar-refractivity contribution >= 4 is 33.2 Å². The standard InChI is InChI=1S/C15H16BrNO3S/c1-19-12-4-3-10(7-13(12)20-2)5-6-17-15(18)11-8-14(16)21-9-11/h3-4,7-9H,5-6H2,1-2H3,(H,17,18). The minimum Gasteiger partial charge on any atom is -0.493 e. The summed E-state index contributed by atoms with van der Waals surface area (Å²) in [4.78, 5) is 11.9. The third kappa shape index (κ3) is 4.22. The lowest BCUT2D eigenvalue weighted by Gasteiger charge is -2.10. The monoisotopic (exact) mass is 369 g/mol. The Hall–Kier alpha value is -1.53. The molecule has 0 atom stereocenters. The highest BCUT2D eigenvalue weighted by molar-refractivity contribution is 9.11. The number of rotatable bonds is 6. The average molecular weight is 370 g/mol. The van der Waals surface area contributed by atoms with Crippen LogP contribution in [0.15, 0.2) is 33.4 Å². The lowest BCUT2D eigenvalue weighted by atomic mass is 10.1. The fourth-order valence-electron chi connectivity index (χ4n) is 1.89. The van der Waals surface area contributed by atoms with Crippen LogP contribution in [0, 0.1) is 0 Å². The van der Waals surface area contributed by atoms with Crippen molar-refractivity contribution < 1.29 is 14.3 Å². The van der Waals surface area contributed by atoms with Crippen LogP contribution in [0.2, 0.25) is 0 Å². The fourth-order valence-corrected chi connectivity index (χ4v) is 3.02. The molecule has 0 bridgehead atoms. The first-order valence-corrected chi connectivity index (χ1v) is 8.04. The summed E-state index contributed by atoms with van der Waals surface area (Å²) in [7, 11) is 3.22. The maximum Gasteiger partial charge on any atom is 0.252 e. The van der Waals surface area contributed by atoms with E-state index in [1.807, 2.05) is 29.6 Å². The maximum atomic E-state index is 11.9. The van der Waals surface area contributed by atoms with Crippen LogP contribution in [-0.4, -0.2) is 26.7 Å². The number of carbonyl (C=O) groups excluding carboxylic acids is 1. The average Bonchev–Trinajstić information content (AvgIpc) is 2.93. The normalized spacial score (nSPS) is 10.2. The van der Waals surface area contributed by atoms with Crippen LogP contribution in [0.25, 0.3) is 0 Å². The van der Waals surface area contributed by atoms with Gasteiger partial charge >= 0.3 is 0 Å². The number of halogens is 1. The van der Waals surface area contributed by atoms with Gasteiger partial charge in [0.15, 0.2) is 11.5 Å². The predicted octanol–water partition coefficient (Wildman–Crippen LogP) is 3.50. The van der Waals surface area contributed by atoms with E-state index in [2.05, 4.69) is 21.2 Å². The zero-order chi connectivity index (χ0) is 15.2. The van der Waals surface area contributed by atoms with Gasteiger partial charge < -0.3 is 14.8 Å². The SMILES string of the molecule is COc1ccc(CCNC(=O)c2csc(Br)c2)cc1OC. The van der Waals surface area contributed by atoms with Crippen LogP contribution in [0.3, 0.4) is 0 Å². The molecule has 0 aliphatic heterocycles. The Balaban J connectivity index is 1.90. The predicted molar refractivity (Wildman–Crippen MR) is 87.6 cm³/mol. The summed E-state index contributed by atoms with van der Waals surface area (Å²) in [5, 5.41) is 4.73. The van der Waals surface area contributed by atoms with Crippen molar-refractivity contribution in [1.82, 2.24) is 5.32 Å². The van der Waals surface area contributed by atoms with E-state index in [-0.39, 0.29) is 5.91 Å².